The van der Waals surface area contributed by atoms with Crippen molar-refractivity contribution in [3.63, 3.8) is 0 Å². The highest BCUT2D eigenvalue weighted by Gasteiger charge is 2.28. The van der Waals surface area contributed by atoms with Crippen molar-refractivity contribution in [3.8, 4) is 5.88 Å². The number of hydrogen-bond acceptors (Lipinski definition) is 6. The van der Waals surface area contributed by atoms with Crippen LogP contribution in [-0.4, -0.2) is 31.8 Å². The Morgan fingerprint density at radius 3 is 2.62 bits per heavy atom. The summed E-state index contributed by atoms with van der Waals surface area (Å²) >= 11 is 0. The van der Waals surface area contributed by atoms with Crippen LogP contribution >= 0.6 is 0 Å². The van der Waals surface area contributed by atoms with Gasteiger partial charge in [-0.25, -0.2) is 19.0 Å². The molecule has 0 saturated heterocycles. The number of halogens is 1. The second-order valence-electron chi connectivity index (χ2n) is 7.44. The summed E-state index contributed by atoms with van der Waals surface area (Å²) in [5, 5.41) is 7.90. The first-order chi connectivity index (χ1) is 14.1. The quantitative estimate of drug-likeness (QED) is 0.688. The Kier molecular flexibility index (Phi) is 4.22. The molecule has 5 rings (SSSR count). The largest absolute Gasteiger partial charge is 0.473 e. The molecule has 2 aliphatic carbocycles. The average molecular weight is 395 g/mol. The summed E-state index contributed by atoms with van der Waals surface area (Å²) in [4.78, 5) is 32.6. The first-order valence-electron chi connectivity index (χ1n) is 9.55. The van der Waals surface area contributed by atoms with Gasteiger partial charge in [0.1, 0.15) is 12.6 Å². The van der Waals surface area contributed by atoms with Gasteiger partial charge in [-0.3, -0.25) is 14.9 Å². The minimum Gasteiger partial charge on any atom is -0.473 e. The Balaban J connectivity index is 1.47. The molecule has 2 aromatic heterocycles. The van der Waals surface area contributed by atoms with E-state index in [1.807, 2.05) is 12.1 Å². The lowest BCUT2D eigenvalue weighted by Gasteiger charge is -2.12. The molecule has 148 valence electrons. The monoisotopic (exact) mass is 395 g/mol. The molecule has 9 heteroatoms. The van der Waals surface area contributed by atoms with Crippen LogP contribution in [0, 0.1) is 5.82 Å². The number of nitrogens with one attached hydrogen (secondary N) is 1. The van der Waals surface area contributed by atoms with Crippen molar-refractivity contribution in [2.24, 2.45) is 0 Å². The molecule has 1 N–H and O–H groups in total. The molecule has 0 radical (unpaired) electrons. The highest BCUT2D eigenvalue weighted by atomic mass is 19.1. The van der Waals surface area contributed by atoms with Crippen LogP contribution in [0.2, 0.25) is 0 Å². The molecule has 0 aliphatic heterocycles. The predicted molar refractivity (Wildman–Crippen MR) is 102 cm³/mol. The summed E-state index contributed by atoms with van der Waals surface area (Å²) < 4.78 is 19.9. The first kappa shape index (κ1) is 17.7. The third-order valence-electron chi connectivity index (χ3n) is 4.97. The van der Waals surface area contributed by atoms with Crippen LogP contribution in [0.15, 0.2) is 35.4 Å². The van der Waals surface area contributed by atoms with Crippen molar-refractivity contribution in [3.05, 3.63) is 52.3 Å². The first-order valence-corrected chi connectivity index (χ1v) is 9.55. The second-order valence-corrected chi connectivity index (χ2v) is 7.44. The lowest BCUT2D eigenvalue weighted by atomic mass is 10.1. The molecular formula is C20H18FN5O3. The van der Waals surface area contributed by atoms with Crippen LogP contribution in [0.4, 0.5) is 10.3 Å². The van der Waals surface area contributed by atoms with E-state index in [0.29, 0.717) is 22.6 Å². The van der Waals surface area contributed by atoms with Gasteiger partial charge in [0.25, 0.3) is 5.56 Å². The summed E-state index contributed by atoms with van der Waals surface area (Å²) in [5.41, 5.74) is 0.809. The smallest absolute Gasteiger partial charge is 0.275 e. The number of ether oxygens (including phenoxy) is 1. The van der Waals surface area contributed by atoms with Crippen molar-refractivity contribution in [2.75, 3.05) is 5.32 Å². The maximum Gasteiger partial charge on any atom is 0.275 e. The molecule has 8 nitrogen and oxygen atoms in total. The lowest BCUT2D eigenvalue weighted by Crippen LogP contribution is -2.30. The highest BCUT2D eigenvalue weighted by Crippen LogP contribution is 2.41. The number of carbonyl (C=O) groups excluding carboxylic acids is 1. The van der Waals surface area contributed by atoms with Gasteiger partial charge >= 0.3 is 0 Å². The molecule has 0 spiro atoms. The molecule has 2 aliphatic rings. The number of anilines is 1. The van der Waals surface area contributed by atoms with Crippen LogP contribution in [0.25, 0.3) is 10.8 Å². The second kappa shape index (κ2) is 6.91. The number of carbonyl (C=O) groups is 1. The summed E-state index contributed by atoms with van der Waals surface area (Å²) in [6.07, 6.45) is 6.20. The van der Waals surface area contributed by atoms with Crippen LogP contribution in [0.1, 0.15) is 37.2 Å². The van der Waals surface area contributed by atoms with E-state index >= 15 is 0 Å². The summed E-state index contributed by atoms with van der Waals surface area (Å²) in [7, 11) is 0. The summed E-state index contributed by atoms with van der Waals surface area (Å²) in [5.74, 6) is -0.290. The van der Waals surface area contributed by atoms with E-state index < -0.39 is 11.7 Å². The fourth-order valence-corrected chi connectivity index (χ4v) is 3.16. The van der Waals surface area contributed by atoms with Gasteiger partial charge < -0.3 is 4.74 Å². The SMILES string of the molecule is O=C(Cn1nc(OC2CC2)c2cc(C3CC3)ccc2c1=O)Nc1ncc(F)cn1. The zero-order valence-electron chi connectivity index (χ0n) is 15.5. The molecular weight excluding hydrogens is 377 g/mol. The standard InChI is InChI=1S/C20H18FN5O3/c21-13-8-22-20(23-9-13)24-17(27)10-26-19(28)15-6-3-12(11-1-2-11)7-16(15)18(25-26)29-14-4-5-14/h3,6-9,11,14H,1-2,4-5,10H2,(H,22,23,24,27). The van der Waals surface area contributed by atoms with Gasteiger partial charge in [-0.1, -0.05) is 6.07 Å². The summed E-state index contributed by atoms with van der Waals surface area (Å²) in [6, 6.07) is 5.72. The van der Waals surface area contributed by atoms with Crippen molar-refractivity contribution in [1.82, 2.24) is 19.7 Å². The predicted octanol–water partition coefficient (Wildman–Crippen LogP) is 2.38. The van der Waals surface area contributed by atoms with Crippen molar-refractivity contribution < 1.29 is 13.9 Å². The number of nitrogens with zero attached hydrogens (tertiary/aromatic N) is 4. The van der Waals surface area contributed by atoms with Gasteiger partial charge in [-0.2, -0.15) is 0 Å². The van der Waals surface area contributed by atoms with Gasteiger partial charge in [0.05, 0.1) is 23.2 Å². The molecule has 1 amide bonds. The topological polar surface area (TPSA) is 99.0 Å². The zero-order valence-corrected chi connectivity index (χ0v) is 15.5. The molecule has 0 atom stereocenters. The van der Waals surface area contributed by atoms with E-state index in [9.17, 15) is 14.0 Å². The Morgan fingerprint density at radius 1 is 1.17 bits per heavy atom. The van der Waals surface area contributed by atoms with Gasteiger partial charge in [-0.15, -0.1) is 5.10 Å². The molecule has 29 heavy (non-hydrogen) atoms. The fourth-order valence-electron chi connectivity index (χ4n) is 3.16. The van der Waals surface area contributed by atoms with Crippen LogP contribution in [0.3, 0.4) is 0 Å². The third kappa shape index (κ3) is 3.80. The Labute approximate surface area is 164 Å². The number of amides is 1. The minimum absolute atomic E-state index is 0.0474. The number of hydrogen-bond donors (Lipinski definition) is 1. The molecule has 2 heterocycles. The van der Waals surface area contributed by atoms with E-state index in [1.54, 1.807) is 6.07 Å². The maximum absolute atomic E-state index is 12.9. The molecule has 0 unspecified atom stereocenters. The number of fused-ring (bicyclic) bond motifs is 1. The van der Waals surface area contributed by atoms with E-state index in [-0.39, 0.29) is 24.2 Å². The normalized spacial score (nSPS) is 16.0. The van der Waals surface area contributed by atoms with Gasteiger partial charge in [0.15, 0.2) is 5.82 Å². The van der Waals surface area contributed by atoms with Gasteiger partial charge in [-0.05, 0) is 49.3 Å². The van der Waals surface area contributed by atoms with E-state index in [2.05, 4.69) is 20.4 Å². The number of benzene rings is 1. The van der Waals surface area contributed by atoms with Crippen LogP contribution in [-0.2, 0) is 11.3 Å². The third-order valence-corrected chi connectivity index (χ3v) is 4.97. The Morgan fingerprint density at radius 2 is 1.93 bits per heavy atom. The number of rotatable bonds is 6. The highest BCUT2D eigenvalue weighted by molar-refractivity contribution is 5.90. The van der Waals surface area contributed by atoms with Crippen molar-refractivity contribution >= 4 is 22.6 Å². The molecule has 2 fully saturated rings. The lowest BCUT2D eigenvalue weighted by molar-refractivity contribution is -0.117. The zero-order chi connectivity index (χ0) is 20.0. The van der Waals surface area contributed by atoms with Crippen molar-refractivity contribution in [2.45, 2.75) is 44.2 Å². The fraction of sp³-hybridized carbons (Fsp3) is 0.350. The molecule has 1 aromatic carbocycles. The van der Waals surface area contributed by atoms with Gasteiger partial charge in [0.2, 0.25) is 17.7 Å². The Hall–Kier alpha value is -3.36. The van der Waals surface area contributed by atoms with E-state index in [0.717, 1.165) is 42.8 Å². The van der Waals surface area contributed by atoms with Crippen LogP contribution in [0.5, 0.6) is 5.88 Å². The molecule has 2 saturated carbocycles. The minimum atomic E-state index is -0.608. The van der Waals surface area contributed by atoms with Crippen molar-refractivity contribution in [1.29, 1.82) is 0 Å². The van der Waals surface area contributed by atoms with E-state index in [1.165, 1.54) is 5.56 Å². The molecule has 0 bridgehead atoms. The average Bonchev–Trinajstić information content (AvgIpc) is 3.61. The Bertz CT molecular complexity index is 1150. The van der Waals surface area contributed by atoms with Gasteiger partial charge in [0, 0.05) is 0 Å². The van der Waals surface area contributed by atoms with E-state index in [4.69, 9.17) is 4.74 Å². The number of aromatic nitrogens is 4. The maximum atomic E-state index is 12.9. The molecule has 3 aromatic rings. The summed E-state index contributed by atoms with van der Waals surface area (Å²) in [6.45, 7) is -0.332. The van der Waals surface area contributed by atoms with Crippen LogP contribution < -0.4 is 15.6 Å².